The van der Waals surface area contributed by atoms with Crippen LogP contribution in [0.1, 0.15) is 26.3 Å². The minimum atomic E-state index is -1.01. The van der Waals surface area contributed by atoms with Crippen molar-refractivity contribution >= 4 is 5.97 Å². The molecule has 0 aromatic heterocycles. The van der Waals surface area contributed by atoms with E-state index in [4.69, 9.17) is 9.47 Å². The van der Waals surface area contributed by atoms with Crippen LogP contribution < -0.4 is 9.47 Å². The summed E-state index contributed by atoms with van der Waals surface area (Å²) in [6, 6.07) is 21.5. The molecule has 3 rings (SSSR count). The summed E-state index contributed by atoms with van der Waals surface area (Å²) in [7, 11) is 0. The van der Waals surface area contributed by atoms with Gasteiger partial charge in [0.25, 0.3) is 0 Å². The van der Waals surface area contributed by atoms with E-state index >= 15 is 0 Å². The minimum Gasteiger partial charge on any atom is -0.461 e. The van der Waals surface area contributed by atoms with Crippen LogP contribution in [0.4, 0.5) is 0 Å². The van der Waals surface area contributed by atoms with Gasteiger partial charge in [-0.2, -0.15) is 0 Å². The Morgan fingerprint density at radius 3 is 2.00 bits per heavy atom. The van der Waals surface area contributed by atoms with Crippen LogP contribution in [0.5, 0.6) is 11.5 Å². The van der Waals surface area contributed by atoms with E-state index in [0.717, 1.165) is 28.7 Å². The monoisotopic (exact) mass is 428 g/mol. The molecular weight excluding hydrogens is 400 g/mol. The van der Waals surface area contributed by atoms with E-state index in [-0.39, 0.29) is 0 Å². The maximum absolute atomic E-state index is 11.7. The van der Waals surface area contributed by atoms with Gasteiger partial charge in [0, 0.05) is 5.57 Å². The van der Waals surface area contributed by atoms with Crippen LogP contribution >= 0.6 is 0 Å². The molecule has 0 heterocycles. The van der Waals surface area contributed by atoms with Crippen molar-refractivity contribution in [3.8, 4) is 33.8 Å². The maximum Gasteiger partial charge on any atom is 0.338 e. The minimum absolute atomic E-state index is 0.365. The molecule has 0 spiro atoms. The smallest absolute Gasteiger partial charge is 0.338 e. The van der Waals surface area contributed by atoms with Crippen LogP contribution in [0.2, 0.25) is 0 Å². The molecule has 0 saturated heterocycles. The molecular formula is C28H28O4. The topological polar surface area (TPSA) is 55.8 Å². The number of aryl methyl sites for hydroxylation is 1. The standard InChI is InChI=1S/C28H28O4/c1-6-20-17-23(21-7-12-24(13-8-21)31-27(29)18(2)3)11-16-26(20)22-9-14-25(15-10-22)32-28(30)19(4)5/h7-17,28,30H,2,4,6H2,1,3,5H3. The van der Waals surface area contributed by atoms with Gasteiger partial charge in [-0.15, -0.1) is 0 Å². The van der Waals surface area contributed by atoms with Gasteiger partial charge < -0.3 is 14.6 Å². The Kier molecular flexibility index (Phi) is 7.29. The zero-order valence-corrected chi connectivity index (χ0v) is 18.7. The molecule has 0 bridgehead atoms. The summed E-state index contributed by atoms with van der Waals surface area (Å²) in [6.45, 7) is 12.8. The highest BCUT2D eigenvalue weighted by Gasteiger charge is 2.10. The fourth-order valence-corrected chi connectivity index (χ4v) is 3.20. The molecule has 3 aromatic carbocycles. The second-order valence-electron chi connectivity index (χ2n) is 7.76. The molecule has 1 unspecified atom stereocenters. The third-order valence-electron chi connectivity index (χ3n) is 5.07. The Morgan fingerprint density at radius 1 is 0.875 bits per heavy atom. The van der Waals surface area contributed by atoms with Crippen molar-refractivity contribution < 1.29 is 19.4 Å². The van der Waals surface area contributed by atoms with Crippen LogP contribution in [0.15, 0.2) is 91.0 Å². The second-order valence-corrected chi connectivity index (χ2v) is 7.76. The van der Waals surface area contributed by atoms with Gasteiger partial charge >= 0.3 is 5.97 Å². The predicted molar refractivity (Wildman–Crippen MR) is 129 cm³/mol. The van der Waals surface area contributed by atoms with Crippen LogP contribution in [0.3, 0.4) is 0 Å². The molecule has 1 N–H and O–H groups in total. The third-order valence-corrected chi connectivity index (χ3v) is 5.07. The SMILES string of the molecule is C=C(C)C(=O)Oc1ccc(-c2ccc(-c3ccc(OC(O)C(=C)C)cc3)c(CC)c2)cc1. The second kappa shape index (κ2) is 10.1. The molecule has 0 aliphatic rings. The van der Waals surface area contributed by atoms with Gasteiger partial charge in [0.05, 0.1) is 0 Å². The average Bonchev–Trinajstić information content (AvgIpc) is 2.79. The first kappa shape index (κ1) is 23.0. The van der Waals surface area contributed by atoms with E-state index in [1.54, 1.807) is 26.0 Å². The highest BCUT2D eigenvalue weighted by molar-refractivity contribution is 5.88. The number of benzene rings is 3. The Hall–Kier alpha value is -3.63. The molecule has 1 atom stereocenters. The Morgan fingerprint density at radius 2 is 1.44 bits per heavy atom. The van der Waals surface area contributed by atoms with Crippen LogP contribution in [-0.2, 0) is 11.2 Å². The van der Waals surface area contributed by atoms with Crippen molar-refractivity contribution in [3.63, 3.8) is 0 Å². The summed E-state index contributed by atoms with van der Waals surface area (Å²) in [4.78, 5) is 11.7. The van der Waals surface area contributed by atoms with Gasteiger partial charge in [-0.25, -0.2) is 4.79 Å². The highest BCUT2D eigenvalue weighted by atomic mass is 16.6. The zero-order valence-electron chi connectivity index (χ0n) is 18.7. The predicted octanol–water partition coefficient (Wildman–Crippen LogP) is 6.34. The number of aliphatic hydroxyl groups is 1. The van der Waals surface area contributed by atoms with Gasteiger partial charge in [-0.3, -0.25) is 0 Å². The largest absolute Gasteiger partial charge is 0.461 e. The van der Waals surface area contributed by atoms with Crippen molar-refractivity contribution in [2.45, 2.75) is 33.5 Å². The van der Waals surface area contributed by atoms with E-state index in [1.807, 2.05) is 36.4 Å². The number of hydrogen-bond acceptors (Lipinski definition) is 4. The first-order valence-electron chi connectivity index (χ1n) is 10.5. The summed E-state index contributed by atoms with van der Waals surface area (Å²) in [6.07, 6.45) is -0.133. The summed E-state index contributed by atoms with van der Waals surface area (Å²) in [5, 5.41) is 9.82. The van der Waals surface area contributed by atoms with Crippen LogP contribution in [-0.4, -0.2) is 17.4 Å². The summed E-state index contributed by atoms with van der Waals surface area (Å²) < 4.78 is 10.7. The van der Waals surface area contributed by atoms with E-state index in [2.05, 4.69) is 38.3 Å². The van der Waals surface area contributed by atoms with Crippen molar-refractivity contribution in [3.05, 3.63) is 96.6 Å². The molecule has 0 aliphatic carbocycles. The molecule has 0 fully saturated rings. The van der Waals surface area contributed by atoms with Crippen LogP contribution in [0, 0.1) is 0 Å². The van der Waals surface area contributed by atoms with Crippen LogP contribution in [0.25, 0.3) is 22.3 Å². The number of esters is 1. The first-order chi connectivity index (χ1) is 15.3. The lowest BCUT2D eigenvalue weighted by atomic mass is 9.93. The molecule has 4 heteroatoms. The quantitative estimate of drug-likeness (QED) is 0.150. The number of carbonyl (C=O) groups excluding carboxylic acids is 1. The van der Waals surface area contributed by atoms with Crippen molar-refractivity contribution in [1.29, 1.82) is 0 Å². The molecule has 3 aromatic rings. The average molecular weight is 429 g/mol. The molecule has 0 saturated carbocycles. The highest BCUT2D eigenvalue weighted by Crippen LogP contribution is 2.31. The van der Waals surface area contributed by atoms with Crippen molar-refractivity contribution in [2.24, 2.45) is 0 Å². The Balaban J connectivity index is 1.81. The first-order valence-corrected chi connectivity index (χ1v) is 10.5. The van der Waals surface area contributed by atoms with Gasteiger partial charge in [-0.1, -0.05) is 62.5 Å². The zero-order chi connectivity index (χ0) is 23.3. The summed E-state index contributed by atoms with van der Waals surface area (Å²) in [5.74, 6) is 0.653. The third kappa shape index (κ3) is 5.54. The molecule has 4 nitrogen and oxygen atoms in total. The lowest BCUT2D eigenvalue weighted by molar-refractivity contribution is -0.130. The lowest BCUT2D eigenvalue weighted by Gasteiger charge is -2.15. The number of carbonyl (C=O) groups is 1. The molecule has 0 amide bonds. The molecule has 32 heavy (non-hydrogen) atoms. The van der Waals surface area contributed by atoms with E-state index in [9.17, 15) is 9.90 Å². The maximum atomic E-state index is 11.7. The Bertz CT molecular complexity index is 1130. The van der Waals surface area contributed by atoms with E-state index in [1.165, 1.54) is 5.56 Å². The van der Waals surface area contributed by atoms with Gasteiger partial charge in [0.1, 0.15) is 11.5 Å². The number of aliphatic hydroxyl groups excluding tert-OH is 1. The summed E-state index contributed by atoms with van der Waals surface area (Å²) >= 11 is 0. The normalized spacial score (nSPS) is 11.5. The van der Waals surface area contributed by atoms with Gasteiger partial charge in [-0.05, 0) is 77.9 Å². The number of hydrogen-bond donors (Lipinski definition) is 1. The van der Waals surface area contributed by atoms with Crippen molar-refractivity contribution in [2.75, 3.05) is 0 Å². The fraction of sp³-hybridized carbons (Fsp3) is 0.179. The summed E-state index contributed by atoms with van der Waals surface area (Å²) in [5.41, 5.74) is 6.49. The molecule has 164 valence electrons. The number of rotatable bonds is 8. The number of ether oxygens (including phenoxy) is 2. The van der Waals surface area contributed by atoms with Gasteiger partial charge in [0.15, 0.2) is 0 Å². The fourth-order valence-electron chi connectivity index (χ4n) is 3.20. The van der Waals surface area contributed by atoms with Gasteiger partial charge in [0.2, 0.25) is 6.29 Å². The lowest BCUT2D eigenvalue weighted by Crippen LogP contribution is -2.15. The molecule has 0 aliphatic heterocycles. The van der Waals surface area contributed by atoms with E-state index < -0.39 is 12.3 Å². The Labute approximate surface area is 189 Å². The van der Waals surface area contributed by atoms with E-state index in [0.29, 0.717) is 22.6 Å². The molecule has 0 radical (unpaired) electrons. The van der Waals surface area contributed by atoms with Crippen molar-refractivity contribution in [1.82, 2.24) is 0 Å².